The summed E-state index contributed by atoms with van der Waals surface area (Å²) in [5.41, 5.74) is 2.77. The maximum Gasteiger partial charge on any atom is 0.175 e. The third-order valence-corrected chi connectivity index (χ3v) is 6.60. The molecule has 0 spiro atoms. The average Bonchev–Trinajstić information content (AvgIpc) is 3.42. The number of halogens is 2. The van der Waals surface area contributed by atoms with Crippen LogP contribution in [0.2, 0.25) is 10.0 Å². The Hall–Kier alpha value is -2.68. The Kier molecular flexibility index (Phi) is 5.76. The minimum absolute atomic E-state index is 0.114. The van der Waals surface area contributed by atoms with Gasteiger partial charge in [-0.25, -0.2) is 4.68 Å². The summed E-state index contributed by atoms with van der Waals surface area (Å²) in [5.74, 6) is 0.822. The Morgan fingerprint density at radius 3 is 2.36 bits per heavy atom. The van der Waals surface area contributed by atoms with Gasteiger partial charge in [-0.2, -0.15) is 0 Å². The fraction of sp³-hybridized carbons (Fsp3) is 0.391. The number of aromatic nitrogens is 6. The molecule has 172 valence electrons. The molecule has 0 radical (unpaired) electrons. The van der Waals surface area contributed by atoms with E-state index in [1.165, 1.54) is 5.39 Å². The highest BCUT2D eigenvalue weighted by atomic mass is 35.5. The fourth-order valence-corrected chi connectivity index (χ4v) is 5.10. The number of tetrazole rings is 1. The number of piperazine rings is 1. The first-order valence-electron chi connectivity index (χ1n) is 11.0. The monoisotopic (exact) mass is 484 g/mol. The standard InChI is InChI=1S/C23H26Cl2N8/c1-23(2,3)33-22(28-29-30-33)21(19-12-15-6-4-5-7-18(15)27-19)32-10-8-31(9-11-32)20-16(24)13-26-14-17(20)25/h4-7,12-14,21,27H,8-11H2,1-3H3. The van der Waals surface area contributed by atoms with Gasteiger partial charge in [0.25, 0.3) is 0 Å². The molecule has 0 amide bonds. The lowest BCUT2D eigenvalue weighted by Crippen LogP contribution is -2.49. The number of anilines is 1. The van der Waals surface area contributed by atoms with Gasteiger partial charge in [0, 0.05) is 49.8 Å². The summed E-state index contributed by atoms with van der Waals surface area (Å²) in [4.78, 5) is 12.3. The highest BCUT2D eigenvalue weighted by Crippen LogP contribution is 2.36. The molecule has 10 heteroatoms. The van der Waals surface area contributed by atoms with Gasteiger partial charge < -0.3 is 9.88 Å². The van der Waals surface area contributed by atoms with Crippen LogP contribution in [0.1, 0.15) is 38.3 Å². The highest BCUT2D eigenvalue weighted by Gasteiger charge is 2.34. The van der Waals surface area contributed by atoms with Crippen LogP contribution in [-0.2, 0) is 5.54 Å². The average molecular weight is 485 g/mol. The summed E-state index contributed by atoms with van der Waals surface area (Å²) >= 11 is 12.8. The van der Waals surface area contributed by atoms with E-state index in [0.717, 1.165) is 48.9 Å². The van der Waals surface area contributed by atoms with Crippen LogP contribution in [0, 0.1) is 0 Å². The van der Waals surface area contributed by atoms with Gasteiger partial charge in [-0.3, -0.25) is 9.88 Å². The van der Waals surface area contributed by atoms with E-state index in [4.69, 9.17) is 23.2 Å². The van der Waals surface area contributed by atoms with Gasteiger partial charge in [0.15, 0.2) is 5.82 Å². The van der Waals surface area contributed by atoms with Crippen molar-refractivity contribution in [2.45, 2.75) is 32.4 Å². The minimum atomic E-state index is -0.247. The number of H-pyrrole nitrogens is 1. The quantitative estimate of drug-likeness (QED) is 0.458. The molecule has 1 unspecified atom stereocenters. The molecule has 8 nitrogen and oxygen atoms in total. The molecule has 4 aromatic rings. The van der Waals surface area contributed by atoms with Crippen molar-refractivity contribution < 1.29 is 0 Å². The number of para-hydroxylation sites is 1. The van der Waals surface area contributed by atoms with Crippen molar-refractivity contribution in [1.82, 2.24) is 35.1 Å². The predicted molar refractivity (Wildman–Crippen MR) is 131 cm³/mol. The van der Waals surface area contributed by atoms with Crippen LogP contribution in [-0.4, -0.2) is 61.3 Å². The van der Waals surface area contributed by atoms with Crippen LogP contribution in [0.3, 0.4) is 0 Å². The number of hydrogen-bond donors (Lipinski definition) is 1. The van der Waals surface area contributed by atoms with E-state index in [-0.39, 0.29) is 11.6 Å². The van der Waals surface area contributed by atoms with Crippen molar-refractivity contribution in [1.29, 1.82) is 0 Å². The Balaban J connectivity index is 1.50. The van der Waals surface area contributed by atoms with Gasteiger partial charge in [0.05, 0.1) is 21.3 Å². The third-order valence-electron chi connectivity index (χ3n) is 6.04. The molecule has 33 heavy (non-hydrogen) atoms. The maximum absolute atomic E-state index is 6.42. The van der Waals surface area contributed by atoms with E-state index in [0.29, 0.717) is 10.0 Å². The van der Waals surface area contributed by atoms with Crippen molar-refractivity contribution in [3.05, 3.63) is 64.3 Å². The largest absolute Gasteiger partial charge is 0.366 e. The molecule has 4 heterocycles. The molecule has 1 aromatic carbocycles. The summed E-state index contributed by atoms with van der Waals surface area (Å²) in [5, 5.41) is 15.2. The van der Waals surface area contributed by atoms with Gasteiger partial charge in [-0.05, 0) is 48.7 Å². The molecule has 1 aliphatic heterocycles. The van der Waals surface area contributed by atoms with E-state index < -0.39 is 0 Å². The number of benzene rings is 1. The first kappa shape index (κ1) is 22.1. The lowest BCUT2D eigenvalue weighted by Gasteiger charge is -2.40. The van der Waals surface area contributed by atoms with Crippen LogP contribution in [0.5, 0.6) is 0 Å². The molecular weight excluding hydrogens is 459 g/mol. The van der Waals surface area contributed by atoms with Gasteiger partial charge in [-0.1, -0.05) is 41.4 Å². The van der Waals surface area contributed by atoms with Crippen molar-refractivity contribution in [2.24, 2.45) is 0 Å². The van der Waals surface area contributed by atoms with E-state index >= 15 is 0 Å². The van der Waals surface area contributed by atoms with Crippen molar-refractivity contribution in [3.63, 3.8) is 0 Å². The van der Waals surface area contributed by atoms with Crippen LogP contribution < -0.4 is 4.90 Å². The number of fused-ring (bicyclic) bond motifs is 1. The van der Waals surface area contributed by atoms with E-state index in [1.807, 2.05) is 10.7 Å². The van der Waals surface area contributed by atoms with Crippen molar-refractivity contribution in [2.75, 3.05) is 31.1 Å². The zero-order valence-corrected chi connectivity index (χ0v) is 20.3. The molecule has 5 rings (SSSR count). The normalized spacial score (nSPS) is 16.5. The minimum Gasteiger partial charge on any atom is -0.366 e. The Morgan fingerprint density at radius 2 is 1.70 bits per heavy atom. The van der Waals surface area contributed by atoms with Gasteiger partial charge in [-0.15, -0.1) is 5.10 Å². The Bertz CT molecular complexity index is 1210. The molecule has 0 saturated carbocycles. The van der Waals surface area contributed by atoms with Crippen LogP contribution in [0.25, 0.3) is 10.9 Å². The third kappa shape index (κ3) is 4.18. The summed E-state index contributed by atoms with van der Waals surface area (Å²) in [7, 11) is 0. The van der Waals surface area contributed by atoms with Crippen molar-refractivity contribution >= 4 is 39.8 Å². The number of pyridine rings is 1. The summed E-state index contributed by atoms with van der Waals surface area (Å²) in [6.07, 6.45) is 3.28. The number of rotatable bonds is 4. The summed E-state index contributed by atoms with van der Waals surface area (Å²) < 4.78 is 1.92. The highest BCUT2D eigenvalue weighted by molar-refractivity contribution is 6.38. The molecular formula is C23H26Cl2N8. The van der Waals surface area contributed by atoms with Crippen LogP contribution in [0.4, 0.5) is 5.69 Å². The second-order valence-corrected chi connectivity index (χ2v) is 10.1. The molecule has 1 N–H and O–H groups in total. The van der Waals surface area contributed by atoms with Crippen molar-refractivity contribution in [3.8, 4) is 0 Å². The summed E-state index contributed by atoms with van der Waals surface area (Å²) in [6.45, 7) is 9.48. The lowest BCUT2D eigenvalue weighted by molar-refractivity contribution is 0.189. The molecule has 1 atom stereocenters. The Labute approximate surface area is 202 Å². The first-order chi connectivity index (χ1) is 15.8. The van der Waals surface area contributed by atoms with E-state index in [2.05, 4.69) is 80.3 Å². The van der Waals surface area contributed by atoms with Gasteiger partial charge >= 0.3 is 0 Å². The number of nitrogens with one attached hydrogen (secondary N) is 1. The van der Waals surface area contributed by atoms with E-state index in [1.54, 1.807) is 12.4 Å². The molecule has 0 aliphatic carbocycles. The topological polar surface area (TPSA) is 78.8 Å². The molecule has 1 saturated heterocycles. The number of aromatic amines is 1. The Morgan fingerprint density at radius 1 is 1.00 bits per heavy atom. The van der Waals surface area contributed by atoms with Gasteiger partial charge in [0.2, 0.25) is 0 Å². The van der Waals surface area contributed by atoms with Crippen LogP contribution in [0.15, 0.2) is 42.7 Å². The maximum atomic E-state index is 6.42. The van der Waals surface area contributed by atoms with Gasteiger partial charge in [0.1, 0.15) is 6.04 Å². The van der Waals surface area contributed by atoms with Crippen LogP contribution >= 0.6 is 23.2 Å². The number of nitrogens with zero attached hydrogens (tertiary/aromatic N) is 7. The zero-order valence-electron chi connectivity index (χ0n) is 18.8. The molecule has 1 fully saturated rings. The lowest BCUT2D eigenvalue weighted by atomic mass is 10.1. The smallest absolute Gasteiger partial charge is 0.175 e. The SMILES string of the molecule is CC(C)(C)n1nnnc1C(c1cc2ccccc2[nH]1)N1CCN(c2c(Cl)cncc2Cl)CC1. The number of hydrogen-bond acceptors (Lipinski definition) is 6. The summed E-state index contributed by atoms with van der Waals surface area (Å²) in [6, 6.07) is 10.4. The molecule has 3 aromatic heterocycles. The predicted octanol–water partition coefficient (Wildman–Crippen LogP) is 4.52. The second kappa shape index (κ2) is 8.59. The second-order valence-electron chi connectivity index (χ2n) is 9.31. The zero-order chi connectivity index (χ0) is 23.2. The van der Waals surface area contributed by atoms with E-state index in [9.17, 15) is 0 Å². The first-order valence-corrected chi connectivity index (χ1v) is 11.7. The molecule has 1 aliphatic rings. The fourth-order valence-electron chi connectivity index (χ4n) is 4.49. The molecule has 0 bridgehead atoms.